The van der Waals surface area contributed by atoms with Crippen LogP contribution in [0.1, 0.15) is 29.0 Å². The highest BCUT2D eigenvalue weighted by atomic mass is 32.2. The molecule has 1 saturated carbocycles. The first-order valence-electron chi connectivity index (χ1n) is 9.78. The van der Waals surface area contributed by atoms with Gasteiger partial charge >= 0.3 is 0 Å². The third-order valence-electron chi connectivity index (χ3n) is 5.24. The normalized spacial score (nSPS) is 18.0. The number of anilines is 1. The van der Waals surface area contributed by atoms with Crippen LogP contribution >= 0.6 is 0 Å². The molecule has 2 unspecified atom stereocenters. The lowest BCUT2D eigenvalue weighted by Crippen LogP contribution is -2.23. The summed E-state index contributed by atoms with van der Waals surface area (Å²) in [6, 6.07) is 17.8. The molecule has 6 nitrogen and oxygen atoms in total. The van der Waals surface area contributed by atoms with E-state index in [-0.39, 0.29) is 29.2 Å². The number of pyridine rings is 1. The van der Waals surface area contributed by atoms with Gasteiger partial charge in [-0.05, 0) is 66.8 Å². The van der Waals surface area contributed by atoms with Gasteiger partial charge in [0, 0.05) is 30.5 Å². The molecule has 154 valence electrons. The minimum absolute atomic E-state index is 0.0509. The minimum atomic E-state index is -3.63. The molecule has 0 radical (unpaired) electrons. The lowest BCUT2D eigenvalue weighted by Gasteiger charge is -2.09. The van der Waals surface area contributed by atoms with Crippen molar-refractivity contribution in [2.45, 2.75) is 30.7 Å². The Labute approximate surface area is 176 Å². The minimum Gasteiger partial charge on any atom is -0.326 e. The molecule has 2 aromatic carbocycles. The highest BCUT2D eigenvalue weighted by molar-refractivity contribution is 7.89. The molecular formula is C23H23N3O3S. The van der Waals surface area contributed by atoms with Gasteiger partial charge in [-0.1, -0.05) is 29.8 Å². The average molecular weight is 422 g/mol. The third kappa shape index (κ3) is 4.75. The van der Waals surface area contributed by atoms with Crippen LogP contribution in [-0.4, -0.2) is 19.3 Å². The predicted molar refractivity (Wildman–Crippen MR) is 115 cm³/mol. The molecule has 2 N–H and O–H groups in total. The fourth-order valence-corrected chi connectivity index (χ4v) is 4.52. The highest BCUT2D eigenvalue weighted by Gasteiger charge is 2.43. The molecule has 1 aliphatic rings. The lowest BCUT2D eigenvalue weighted by molar-refractivity contribution is -0.117. The number of hydrogen-bond acceptors (Lipinski definition) is 4. The highest BCUT2D eigenvalue weighted by Crippen LogP contribution is 2.47. The van der Waals surface area contributed by atoms with E-state index in [1.54, 1.807) is 24.5 Å². The van der Waals surface area contributed by atoms with Gasteiger partial charge in [-0.2, -0.15) is 0 Å². The molecule has 0 saturated heterocycles. The number of carbonyl (C=O) groups is 1. The fraction of sp³-hybridized carbons (Fsp3) is 0.217. The Bertz CT molecular complexity index is 1150. The van der Waals surface area contributed by atoms with E-state index in [0.717, 1.165) is 23.1 Å². The van der Waals surface area contributed by atoms with Crippen LogP contribution in [-0.2, 0) is 21.4 Å². The number of nitrogens with one attached hydrogen (secondary N) is 2. The van der Waals surface area contributed by atoms with Crippen molar-refractivity contribution in [1.82, 2.24) is 9.71 Å². The van der Waals surface area contributed by atoms with Gasteiger partial charge in [0.05, 0.1) is 4.90 Å². The van der Waals surface area contributed by atoms with E-state index in [1.165, 1.54) is 12.1 Å². The molecule has 3 aromatic rings. The van der Waals surface area contributed by atoms with Gasteiger partial charge in [0.25, 0.3) is 0 Å². The van der Waals surface area contributed by atoms with E-state index in [2.05, 4.69) is 15.0 Å². The number of hydrogen-bond donors (Lipinski definition) is 2. The van der Waals surface area contributed by atoms with E-state index in [1.807, 2.05) is 43.3 Å². The SMILES string of the molecule is Cc1cccc(CNS(=O)(=O)c2ccc(NC(=O)C3CC3c3ccncc3)cc2)c1. The number of sulfonamides is 1. The summed E-state index contributed by atoms with van der Waals surface area (Å²) in [4.78, 5) is 16.6. The van der Waals surface area contributed by atoms with Crippen LogP contribution in [0.25, 0.3) is 0 Å². The quantitative estimate of drug-likeness (QED) is 0.610. The van der Waals surface area contributed by atoms with Crippen LogP contribution in [0.5, 0.6) is 0 Å². The van der Waals surface area contributed by atoms with Crippen LogP contribution in [0.2, 0.25) is 0 Å². The van der Waals surface area contributed by atoms with E-state index in [0.29, 0.717) is 5.69 Å². The first-order valence-corrected chi connectivity index (χ1v) is 11.3. The molecule has 2 atom stereocenters. The molecule has 7 heteroatoms. The molecule has 1 heterocycles. The van der Waals surface area contributed by atoms with Crippen molar-refractivity contribution in [3.8, 4) is 0 Å². The van der Waals surface area contributed by atoms with Crippen LogP contribution in [0.15, 0.2) is 78.0 Å². The molecule has 1 aliphatic carbocycles. The Kier molecular flexibility index (Phi) is 5.65. The van der Waals surface area contributed by atoms with Gasteiger partial charge in [0.15, 0.2) is 0 Å². The fourth-order valence-electron chi connectivity index (χ4n) is 3.50. The van der Waals surface area contributed by atoms with Crippen molar-refractivity contribution in [2.75, 3.05) is 5.32 Å². The topological polar surface area (TPSA) is 88.2 Å². The molecule has 1 amide bonds. The zero-order valence-corrected chi connectivity index (χ0v) is 17.4. The van der Waals surface area contributed by atoms with Crippen LogP contribution in [0, 0.1) is 12.8 Å². The molecule has 0 bridgehead atoms. The van der Waals surface area contributed by atoms with Gasteiger partial charge < -0.3 is 5.32 Å². The number of rotatable bonds is 7. The van der Waals surface area contributed by atoms with Crippen LogP contribution in [0.3, 0.4) is 0 Å². The standard InChI is InChI=1S/C23H23N3O3S/c1-16-3-2-4-17(13-16)15-25-30(28,29)20-7-5-19(6-8-20)26-23(27)22-14-21(22)18-9-11-24-12-10-18/h2-13,21-22,25H,14-15H2,1H3,(H,26,27). The number of benzene rings is 2. The van der Waals surface area contributed by atoms with Gasteiger partial charge in [0.2, 0.25) is 15.9 Å². The molecule has 0 aliphatic heterocycles. The second kappa shape index (κ2) is 8.38. The summed E-state index contributed by atoms with van der Waals surface area (Å²) >= 11 is 0. The van der Waals surface area contributed by atoms with Gasteiger partial charge in [-0.25, -0.2) is 13.1 Å². The molecular weight excluding hydrogens is 398 g/mol. The first kappa shape index (κ1) is 20.3. The Morgan fingerprint density at radius 1 is 1.07 bits per heavy atom. The summed E-state index contributed by atoms with van der Waals surface area (Å²) in [6.45, 7) is 2.19. The zero-order valence-electron chi connectivity index (χ0n) is 16.6. The average Bonchev–Trinajstić information content (AvgIpc) is 3.55. The Morgan fingerprint density at radius 2 is 1.80 bits per heavy atom. The Hall–Kier alpha value is -3.03. The van der Waals surface area contributed by atoms with Gasteiger partial charge in [-0.3, -0.25) is 9.78 Å². The van der Waals surface area contributed by atoms with Crippen LogP contribution in [0.4, 0.5) is 5.69 Å². The van der Waals surface area contributed by atoms with E-state index in [9.17, 15) is 13.2 Å². The maximum absolute atomic E-state index is 12.5. The maximum Gasteiger partial charge on any atom is 0.240 e. The molecule has 1 fully saturated rings. The Balaban J connectivity index is 1.35. The summed E-state index contributed by atoms with van der Waals surface area (Å²) in [5, 5.41) is 2.88. The number of carbonyl (C=O) groups excluding carboxylic acids is 1. The van der Waals surface area contributed by atoms with Crippen molar-refractivity contribution in [1.29, 1.82) is 0 Å². The zero-order chi connectivity index (χ0) is 21.1. The van der Waals surface area contributed by atoms with E-state index < -0.39 is 10.0 Å². The summed E-state index contributed by atoms with van der Waals surface area (Å²) < 4.78 is 27.7. The molecule has 1 aromatic heterocycles. The van der Waals surface area contributed by atoms with E-state index >= 15 is 0 Å². The van der Waals surface area contributed by atoms with E-state index in [4.69, 9.17) is 0 Å². The van der Waals surface area contributed by atoms with Crippen molar-refractivity contribution in [2.24, 2.45) is 5.92 Å². The lowest BCUT2D eigenvalue weighted by atomic mass is 10.1. The number of amides is 1. The smallest absolute Gasteiger partial charge is 0.240 e. The number of aryl methyl sites for hydroxylation is 1. The summed E-state index contributed by atoms with van der Waals surface area (Å²) in [5.41, 5.74) is 3.67. The first-order chi connectivity index (χ1) is 14.4. The van der Waals surface area contributed by atoms with Crippen LogP contribution < -0.4 is 10.0 Å². The van der Waals surface area contributed by atoms with Crippen molar-refractivity contribution in [3.05, 3.63) is 89.7 Å². The van der Waals surface area contributed by atoms with Gasteiger partial charge in [0.1, 0.15) is 0 Å². The van der Waals surface area contributed by atoms with Crippen molar-refractivity contribution < 1.29 is 13.2 Å². The second-order valence-electron chi connectivity index (χ2n) is 7.56. The Morgan fingerprint density at radius 3 is 2.50 bits per heavy atom. The summed E-state index contributed by atoms with van der Waals surface area (Å²) in [5.74, 6) is 0.107. The third-order valence-corrected chi connectivity index (χ3v) is 6.66. The molecule has 30 heavy (non-hydrogen) atoms. The van der Waals surface area contributed by atoms with Gasteiger partial charge in [-0.15, -0.1) is 0 Å². The monoisotopic (exact) mass is 421 g/mol. The molecule has 0 spiro atoms. The number of nitrogens with zero attached hydrogens (tertiary/aromatic N) is 1. The summed E-state index contributed by atoms with van der Waals surface area (Å²) in [6.07, 6.45) is 4.27. The molecule has 4 rings (SSSR count). The van der Waals surface area contributed by atoms with Crippen molar-refractivity contribution >= 4 is 21.6 Å². The maximum atomic E-state index is 12.5. The predicted octanol–water partition coefficient (Wildman–Crippen LogP) is 3.61. The van der Waals surface area contributed by atoms with Crippen molar-refractivity contribution in [3.63, 3.8) is 0 Å². The number of aromatic nitrogens is 1. The largest absolute Gasteiger partial charge is 0.326 e. The second-order valence-corrected chi connectivity index (χ2v) is 9.32. The summed E-state index contributed by atoms with van der Waals surface area (Å²) in [7, 11) is -3.63.